The molecule has 0 aliphatic rings. The fourth-order valence-corrected chi connectivity index (χ4v) is 2.72. The summed E-state index contributed by atoms with van der Waals surface area (Å²) >= 11 is 0. The highest BCUT2D eigenvalue weighted by Crippen LogP contribution is 2.24. The van der Waals surface area contributed by atoms with Crippen molar-refractivity contribution in [2.75, 3.05) is 19.0 Å². The van der Waals surface area contributed by atoms with Crippen molar-refractivity contribution in [2.45, 2.75) is 26.4 Å². The minimum absolute atomic E-state index is 0.0934. The Kier molecular flexibility index (Phi) is 6.83. The molecule has 2 aromatic carbocycles. The summed E-state index contributed by atoms with van der Waals surface area (Å²) < 4.78 is 5.30. The van der Waals surface area contributed by atoms with Gasteiger partial charge in [0.25, 0.3) is 0 Å². The van der Waals surface area contributed by atoms with Gasteiger partial charge in [-0.2, -0.15) is 0 Å². The molecule has 134 valence electrons. The van der Waals surface area contributed by atoms with E-state index in [0.717, 1.165) is 5.56 Å². The maximum Gasteiger partial charge on any atom is 0.322 e. The van der Waals surface area contributed by atoms with Crippen LogP contribution in [0.4, 0.5) is 10.5 Å². The van der Waals surface area contributed by atoms with Crippen LogP contribution in [0.25, 0.3) is 0 Å². The number of benzene rings is 2. The number of para-hydroxylation sites is 2. The summed E-state index contributed by atoms with van der Waals surface area (Å²) in [6, 6.07) is 16.5. The van der Waals surface area contributed by atoms with Gasteiger partial charge in [0.2, 0.25) is 0 Å². The quantitative estimate of drug-likeness (QED) is 0.806. The van der Waals surface area contributed by atoms with Crippen LogP contribution in [-0.2, 0) is 6.54 Å². The van der Waals surface area contributed by atoms with Crippen LogP contribution in [-0.4, -0.2) is 35.8 Å². The van der Waals surface area contributed by atoms with E-state index in [1.807, 2.05) is 56.3 Å². The van der Waals surface area contributed by atoms with Crippen molar-refractivity contribution < 1.29 is 14.6 Å². The van der Waals surface area contributed by atoms with Crippen LogP contribution >= 0.6 is 0 Å². The molecule has 2 rings (SSSR count). The number of aliphatic hydroxyl groups is 1. The van der Waals surface area contributed by atoms with E-state index in [-0.39, 0.29) is 24.6 Å². The average Bonchev–Trinajstić information content (AvgIpc) is 2.62. The predicted octanol–water partition coefficient (Wildman–Crippen LogP) is 3.75. The summed E-state index contributed by atoms with van der Waals surface area (Å²) in [4.78, 5) is 14.6. The monoisotopic (exact) mass is 342 g/mol. The number of urea groups is 1. The zero-order chi connectivity index (χ0) is 18.2. The van der Waals surface area contributed by atoms with E-state index in [1.54, 1.807) is 24.1 Å². The molecular formula is C20H26N2O3. The largest absolute Gasteiger partial charge is 0.495 e. The lowest BCUT2D eigenvalue weighted by atomic mass is 10.0. The van der Waals surface area contributed by atoms with Crippen LogP contribution < -0.4 is 10.1 Å². The smallest absolute Gasteiger partial charge is 0.322 e. The van der Waals surface area contributed by atoms with Gasteiger partial charge in [-0.1, -0.05) is 56.3 Å². The third-order valence-electron chi connectivity index (χ3n) is 4.16. The molecular weight excluding hydrogens is 316 g/mol. The van der Waals surface area contributed by atoms with E-state index in [0.29, 0.717) is 18.0 Å². The Morgan fingerprint density at radius 3 is 2.36 bits per heavy atom. The summed E-state index contributed by atoms with van der Waals surface area (Å²) in [5, 5.41) is 12.7. The molecule has 5 heteroatoms. The lowest BCUT2D eigenvalue weighted by molar-refractivity contribution is 0.110. The highest BCUT2D eigenvalue weighted by Gasteiger charge is 2.26. The first kappa shape index (κ1) is 18.8. The number of methoxy groups -OCH3 is 1. The molecule has 0 radical (unpaired) electrons. The predicted molar refractivity (Wildman–Crippen MR) is 99.7 cm³/mol. The van der Waals surface area contributed by atoms with Gasteiger partial charge in [0, 0.05) is 6.54 Å². The number of hydrogen-bond acceptors (Lipinski definition) is 3. The molecule has 0 aromatic heterocycles. The van der Waals surface area contributed by atoms with Crippen LogP contribution in [0.15, 0.2) is 54.6 Å². The van der Waals surface area contributed by atoms with E-state index in [4.69, 9.17) is 4.74 Å². The van der Waals surface area contributed by atoms with Gasteiger partial charge in [-0.15, -0.1) is 0 Å². The fourth-order valence-electron chi connectivity index (χ4n) is 2.72. The number of hydrogen-bond donors (Lipinski definition) is 2. The van der Waals surface area contributed by atoms with Crippen LogP contribution in [0, 0.1) is 5.92 Å². The van der Waals surface area contributed by atoms with Crippen molar-refractivity contribution in [2.24, 2.45) is 5.92 Å². The Bertz CT molecular complexity index is 674. The summed E-state index contributed by atoms with van der Waals surface area (Å²) in [5.41, 5.74) is 1.62. The highest BCUT2D eigenvalue weighted by atomic mass is 16.5. The van der Waals surface area contributed by atoms with Gasteiger partial charge in [-0.3, -0.25) is 0 Å². The van der Waals surface area contributed by atoms with Crippen LogP contribution in [0.2, 0.25) is 0 Å². The minimum Gasteiger partial charge on any atom is -0.495 e. The van der Waals surface area contributed by atoms with E-state index in [1.165, 1.54) is 0 Å². The second-order valence-corrected chi connectivity index (χ2v) is 6.24. The fraction of sp³-hybridized carbons (Fsp3) is 0.350. The lowest BCUT2D eigenvalue weighted by Crippen LogP contribution is -2.47. The standard InChI is InChI=1S/C20H26N2O3/c1-15(2)18(14-23)22(13-16-9-5-4-6-10-16)20(24)21-17-11-7-8-12-19(17)25-3/h4-12,15,18,23H,13-14H2,1-3H3,(H,21,24). The molecule has 2 N–H and O–H groups in total. The first-order chi connectivity index (χ1) is 12.1. The molecule has 0 aliphatic heterocycles. The number of rotatable bonds is 7. The first-order valence-electron chi connectivity index (χ1n) is 8.42. The lowest BCUT2D eigenvalue weighted by Gasteiger charge is -2.33. The highest BCUT2D eigenvalue weighted by molar-refractivity contribution is 5.91. The van der Waals surface area contributed by atoms with Gasteiger partial charge in [0.15, 0.2) is 0 Å². The maximum absolute atomic E-state index is 12.9. The molecule has 2 amide bonds. The van der Waals surface area contributed by atoms with E-state index >= 15 is 0 Å². The molecule has 0 aliphatic carbocycles. The number of carbonyl (C=O) groups is 1. The Morgan fingerprint density at radius 1 is 1.12 bits per heavy atom. The number of nitrogens with zero attached hydrogens (tertiary/aromatic N) is 1. The molecule has 1 atom stereocenters. The SMILES string of the molecule is COc1ccccc1NC(=O)N(Cc1ccccc1)C(CO)C(C)C. The zero-order valence-electron chi connectivity index (χ0n) is 15.0. The van der Waals surface area contributed by atoms with Gasteiger partial charge in [-0.05, 0) is 23.6 Å². The Balaban J connectivity index is 2.25. The number of anilines is 1. The number of nitrogens with one attached hydrogen (secondary N) is 1. The number of carbonyl (C=O) groups excluding carboxylic acids is 1. The molecule has 0 saturated carbocycles. The van der Waals surface area contributed by atoms with Crippen molar-refractivity contribution in [1.29, 1.82) is 0 Å². The second-order valence-electron chi connectivity index (χ2n) is 6.24. The van der Waals surface area contributed by atoms with E-state index in [2.05, 4.69) is 5.32 Å². The van der Waals surface area contributed by atoms with Crippen LogP contribution in [0.1, 0.15) is 19.4 Å². The van der Waals surface area contributed by atoms with Gasteiger partial charge in [0.05, 0.1) is 25.4 Å². The molecule has 25 heavy (non-hydrogen) atoms. The first-order valence-corrected chi connectivity index (χ1v) is 8.42. The van der Waals surface area contributed by atoms with Crippen molar-refractivity contribution in [1.82, 2.24) is 4.90 Å². The molecule has 0 heterocycles. The third kappa shape index (κ3) is 4.97. The molecule has 0 saturated heterocycles. The summed E-state index contributed by atoms with van der Waals surface area (Å²) in [6.07, 6.45) is 0. The number of aliphatic hydroxyl groups excluding tert-OH is 1. The van der Waals surface area contributed by atoms with Gasteiger partial charge in [0.1, 0.15) is 5.75 Å². The topological polar surface area (TPSA) is 61.8 Å². The number of amides is 2. The normalized spacial score (nSPS) is 11.9. The molecule has 2 aromatic rings. The zero-order valence-corrected chi connectivity index (χ0v) is 15.0. The van der Waals surface area contributed by atoms with Crippen molar-refractivity contribution >= 4 is 11.7 Å². The van der Waals surface area contributed by atoms with E-state index < -0.39 is 0 Å². The van der Waals surface area contributed by atoms with Gasteiger partial charge in [-0.25, -0.2) is 4.79 Å². The number of ether oxygens (including phenoxy) is 1. The third-order valence-corrected chi connectivity index (χ3v) is 4.16. The van der Waals surface area contributed by atoms with Crippen molar-refractivity contribution in [3.8, 4) is 5.75 Å². The molecule has 5 nitrogen and oxygen atoms in total. The van der Waals surface area contributed by atoms with Crippen molar-refractivity contribution in [3.05, 3.63) is 60.2 Å². The van der Waals surface area contributed by atoms with Crippen molar-refractivity contribution in [3.63, 3.8) is 0 Å². The van der Waals surface area contributed by atoms with Crippen LogP contribution in [0.3, 0.4) is 0 Å². The minimum atomic E-state index is -0.282. The Labute approximate surface area is 149 Å². The maximum atomic E-state index is 12.9. The molecule has 0 fully saturated rings. The molecule has 1 unspecified atom stereocenters. The van der Waals surface area contributed by atoms with Gasteiger partial charge < -0.3 is 20.1 Å². The van der Waals surface area contributed by atoms with E-state index in [9.17, 15) is 9.90 Å². The summed E-state index contributed by atoms with van der Waals surface area (Å²) in [7, 11) is 1.57. The summed E-state index contributed by atoms with van der Waals surface area (Å²) in [5.74, 6) is 0.720. The van der Waals surface area contributed by atoms with Crippen LogP contribution in [0.5, 0.6) is 5.75 Å². The van der Waals surface area contributed by atoms with Gasteiger partial charge >= 0.3 is 6.03 Å². The average molecular weight is 342 g/mol. The Hall–Kier alpha value is -2.53. The molecule has 0 bridgehead atoms. The molecule has 0 spiro atoms. The second kappa shape index (κ2) is 9.08. The summed E-state index contributed by atoms with van der Waals surface area (Å²) in [6.45, 7) is 4.32. The Morgan fingerprint density at radius 2 is 1.76 bits per heavy atom.